The predicted molar refractivity (Wildman–Crippen MR) is 70.7 cm³/mol. The van der Waals surface area contributed by atoms with Crippen molar-refractivity contribution in [1.29, 1.82) is 0 Å². The van der Waals surface area contributed by atoms with E-state index >= 15 is 0 Å². The van der Waals surface area contributed by atoms with E-state index in [2.05, 4.69) is 36.3 Å². The van der Waals surface area contributed by atoms with Crippen LogP contribution in [0.25, 0.3) is 5.69 Å². The number of aliphatic hydroxyl groups is 1. The first-order chi connectivity index (χ1) is 8.67. The molecule has 0 saturated heterocycles. The Morgan fingerprint density at radius 1 is 1.33 bits per heavy atom. The third kappa shape index (κ3) is 2.29. The molecule has 0 fully saturated rings. The minimum absolute atomic E-state index is 0.0625. The van der Waals surface area contributed by atoms with Crippen LogP contribution in [0.5, 0.6) is 0 Å². The number of rotatable bonds is 4. The van der Waals surface area contributed by atoms with E-state index in [-0.39, 0.29) is 6.61 Å². The Kier molecular flexibility index (Phi) is 3.77. The molecule has 2 rings (SSSR count). The monoisotopic (exact) mass is 245 g/mol. The Bertz CT molecular complexity index is 532. The summed E-state index contributed by atoms with van der Waals surface area (Å²) in [4.78, 5) is 0. The van der Waals surface area contributed by atoms with Gasteiger partial charge in [-0.05, 0) is 30.0 Å². The minimum atomic E-state index is -0.0625. The molecule has 4 nitrogen and oxygen atoms in total. The molecule has 0 radical (unpaired) electrons. The van der Waals surface area contributed by atoms with E-state index in [9.17, 15) is 5.11 Å². The maximum absolute atomic E-state index is 9.24. The zero-order valence-electron chi connectivity index (χ0n) is 11.1. The Hall–Kier alpha value is -1.68. The highest BCUT2D eigenvalue weighted by molar-refractivity contribution is 5.38. The molecule has 4 heteroatoms. The van der Waals surface area contributed by atoms with Crippen LogP contribution in [0, 0.1) is 0 Å². The second-order valence-corrected chi connectivity index (χ2v) is 4.66. The van der Waals surface area contributed by atoms with Gasteiger partial charge in [-0.3, -0.25) is 0 Å². The van der Waals surface area contributed by atoms with Crippen LogP contribution < -0.4 is 0 Å². The fraction of sp³-hybridized carbons (Fsp3) is 0.429. The fourth-order valence-electron chi connectivity index (χ4n) is 2.03. The molecule has 1 heterocycles. The predicted octanol–water partition coefficient (Wildman–Crippen LogP) is 2.45. The molecule has 1 aromatic carbocycles. The summed E-state index contributed by atoms with van der Waals surface area (Å²) in [5.74, 6) is 0.482. The van der Waals surface area contributed by atoms with Gasteiger partial charge < -0.3 is 5.11 Å². The molecule has 0 amide bonds. The van der Waals surface area contributed by atoms with Crippen LogP contribution in [-0.2, 0) is 13.0 Å². The topological polar surface area (TPSA) is 50.9 Å². The number of aliphatic hydroxyl groups excluding tert-OH is 1. The van der Waals surface area contributed by atoms with Gasteiger partial charge in [0.2, 0.25) is 0 Å². The minimum Gasteiger partial charge on any atom is -0.390 e. The normalized spacial score (nSPS) is 11.2. The van der Waals surface area contributed by atoms with Crippen molar-refractivity contribution < 1.29 is 5.11 Å². The highest BCUT2D eigenvalue weighted by atomic mass is 16.3. The number of nitrogens with zero attached hydrogens (tertiary/aromatic N) is 3. The van der Waals surface area contributed by atoms with Crippen LogP contribution >= 0.6 is 0 Å². The van der Waals surface area contributed by atoms with Crippen LogP contribution in [0.3, 0.4) is 0 Å². The van der Waals surface area contributed by atoms with Crippen molar-refractivity contribution in [2.45, 2.75) is 39.7 Å². The molecule has 1 aromatic heterocycles. The summed E-state index contributed by atoms with van der Waals surface area (Å²) in [7, 11) is 0. The molecule has 0 saturated carbocycles. The van der Waals surface area contributed by atoms with Gasteiger partial charge in [0, 0.05) is 0 Å². The van der Waals surface area contributed by atoms with Crippen molar-refractivity contribution in [3.05, 3.63) is 41.2 Å². The van der Waals surface area contributed by atoms with Crippen LogP contribution in [0.15, 0.2) is 24.3 Å². The van der Waals surface area contributed by atoms with Gasteiger partial charge in [0.1, 0.15) is 5.69 Å². The number of aromatic nitrogens is 3. The van der Waals surface area contributed by atoms with Gasteiger partial charge in [0.05, 0.1) is 18.0 Å². The van der Waals surface area contributed by atoms with Crippen molar-refractivity contribution in [3.63, 3.8) is 0 Å². The van der Waals surface area contributed by atoms with Gasteiger partial charge in [0.15, 0.2) is 0 Å². The van der Waals surface area contributed by atoms with Crippen LogP contribution in [0.4, 0.5) is 0 Å². The lowest BCUT2D eigenvalue weighted by atomic mass is 10.0. The summed E-state index contributed by atoms with van der Waals surface area (Å²) in [6.45, 7) is 6.31. The molecule has 0 aliphatic carbocycles. The standard InChI is InChI=1S/C14H19N3O/c1-4-14-13(9-18)15-16-17(14)12-7-5-6-11(8-12)10(2)3/h5-8,10,18H,4,9H2,1-3H3. The fourth-order valence-corrected chi connectivity index (χ4v) is 2.03. The van der Waals surface area contributed by atoms with Gasteiger partial charge in [-0.25, -0.2) is 4.68 Å². The van der Waals surface area contributed by atoms with E-state index in [0.717, 1.165) is 17.8 Å². The molecule has 0 aliphatic rings. The summed E-state index contributed by atoms with van der Waals surface area (Å²) in [5.41, 5.74) is 3.91. The van der Waals surface area contributed by atoms with Crippen LogP contribution in [0.1, 0.15) is 43.6 Å². The number of hydrogen-bond donors (Lipinski definition) is 1. The highest BCUT2D eigenvalue weighted by Crippen LogP contribution is 2.19. The van der Waals surface area contributed by atoms with Gasteiger partial charge in [-0.2, -0.15) is 0 Å². The summed E-state index contributed by atoms with van der Waals surface area (Å²) >= 11 is 0. The maximum Gasteiger partial charge on any atom is 0.112 e. The second kappa shape index (κ2) is 5.31. The number of benzene rings is 1. The van der Waals surface area contributed by atoms with Crippen molar-refractivity contribution in [2.75, 3.05) is 0 Å². The summed E-state index contributed by atoms with van der Waals surface area (Å²) in [5, 5.41) is 17.4. The summed E-state index contributed by atoms with van der Waals surface area (Å²) in [6, 6.07) is 8.29. The smallest absolute Gasteiger partial charge is 0.112 e. The summed E-state index contributed by atoms with van der Waals surface area (Å²) in [6.07, 6.45) is 0.800. The largest absolute Gasteiger partial charge is 0.390 e. The molecular weight excluding hydrogens is 226 g/mol. The van der Waals surface area contributed by atoms with E-state index < -0.39 is 0 Å². The van der Waals surface area contributed by atoms with E-state index in [1.807, 2.05) is 23.7 Å². The van der Waals surface area contributed by atoms with Crippen LogP contribution in [-0.4, -0.2) is 20.1 Å². The third-order valence-corrected chi connectivity index (χ3v) is 3.11. The molecule has 0 unspecified atom stereocenters. The Morgan fingerprint density at radius 2 is 2.11 bits per heavy atom. The first-order valence-electron chi connectivity index (χ1n) is 6.32. The first-order valence-corrected chi connectivity index (χ1v) is 6.32. The van der Waals surface area contributed by atoms with Gasteiger partial charge >= 0.3 is 0 Å². The second-order valence-electron chi connectivity index (χ2n) is 4.66. The van der Waals surface area contributed by atoms with Crippen molar-refractivity contribution in [1.82, 2.24) is 15.0 Å². The van der Waals surface area contributed by atoms with Gasteiger partial charge in [0.25, 0.3) is 0 Å². The average molecular weight is 245 g/mol. The van der Waals surface area contributed by atoms with Crippen molar-refractivity contribution in [2.24, 2.45) is 0 Å². The lowest BCUT2D eigenvalue weighted by Crippen LogP contribution is -2.03. The molecule has 1 N–H and O–H groups in total. The molecule has 18 heavy (non-hydrogen) atoms. The summed E-state index contributed by atoms with van der Waals surface area (Å²) < 4.78 is 1.82. The molecule has 0 bridgehead atoms. The zero-order chi connectivity index (χ0) is 13.1. The quantitative estimate of drug-likeness (QED) is 0.900. The number of hydrogen-bond acceptors (Lipinski definition) is 3. The Labute approximate surface area is 107 Å². The van der Waals surface area contributed by atoms with E-state index in [1.165, 1.54) is 5.56 Å². The molecule has 0 atom stereocenters. The van der Waals surface area contributed by atoms with E-state index in [0.29, 0.717) is 11.6 Å². The zero-order valence-corrected chi connectivity index (χ0v) is 11.1. The van der Waals surface area contributed by atoms with E-state index in [1.54, 1.807) is 0 Å². The van der Waals surface area contributed by atoms with Gasteiger partial charge in [-0.15, -0.1) is 5.10 Å². The molecule has 96 valence electrons. The molecular formula is C14H19N3O. The van der Waals surface area contributed by atoms with E-state index in [4.69, 9.17) is 0 Å². The lowest BCUT2D eigenvalue weighted by molar-refractivity contribution is 0.275. The first kappa shape index (κ1) is 12.8. The van der Waals surface area contributed by atoms with Crippen LogP contribution in [0.2, 0.25) is 0 Å². The van der Waals surface area contributed by atoms with Crippen molar-refractivity contribution in [3.8, 4) is 5.69 Å². The Morgan fingerprint density at radius 3 is 2.72 bits per heavy atom. The maximum atomic E-state index is 9.24. The third-order valence-electron chi connectivity index (χ3n) is 3.11. The molecule has 0 aliphatic heterocycles. The molecule has 2 aromatic rings. The lowest BCUT2D eigenvalue weighted by Gasteiger charge is -2.09. The van der Waals surface area contributed by atoms with Gasteiger partial charge in [-0.1, -0.05) is 38.1 Å². The SMILES string of the molecule is CCc1c(CO)nnn1-c1cccc(C(C)C)c1. The highest BCUT2D eigenvalue weighted by Gasteiger charge is 2.12. The molecule has 0 spiro atoms. The average Bonchev–Trinajstić information content (AvgIpc) is 2.81. The Balaban J connectivity index is 2.48. The van der Waals surface area contributed by atoms with Crippen molar-refractivity contribution >= 4 is 0 Å².